The van der Waals surface area contributed by atoms with Gasteiger partial charge in [0.2, 0.25) is 0 Å². The van der Waals surface area contributed by atoms with Gasteiger partial charge in [0.25, 0.3) is 0 Å². The molecule has 1 nitrogen and oxygen atoms in total. The Balaban J connectivity index is 2.40. The molecule has 0 N–H and O–H groups in total. The normalized spacial score (nSPS) is 10.3. The predicted molar refractivity (Wildman–Crippen MR) is 67.1 cm³/mol. The molecule has 1 aromatic carbocycles. The summed E-state index contributed by atoms with van der Waals surface area (Å²) in [6, 6.07) is 5.47. The maximum Gasteiger partial charge on any atom is 0.129 e. The Morgan fingerprint density at radius 1 is 1.27 bits per heavy atom. The second-order valence-electron chi connectivity index (χ2n) is 3.26. The van der Waals surface area contributed by atoms with Crippen molar-refractivity contribution >= 4 is 40.7 Å². The topological polar surface area (TPSA) is 17.1 Å². The van der Waals surface area contributed by atoms with Crippen molar-refractivity contribution in [1.82, 2.24) is 0 Å². The largest absolute Gasteiger partial charge is 0.300 e. The van der Waals surface area contributed by atoms with Crippen molar-refractivity contribution in [3.8, 4) is 0 Å². The van der Waals surface area contributed by atoms with Crippen LogP contribution in [0.2, 0.25) is 10.0 Å². The molecule has 15 heavy (non-hydrogen) atoms. The van der Waals surface area contributed by atoms with Crippen LogP contribution >= 0.6 is 35.0 Å². The third-order valence-electron chi connectivity index (χ3n) is 1.78. The van der Waals surface area contributed by atoms with Gasteiger partial charge in [0.15, 0.2) is 0 Å². The van der Waals surface area contributed by atoms with E-state index in [1.807, 2.05) is 12.1 Å². The molecule has 1 rings (SSSR count). The molecule has 0 aliphatic heterocycles. The fraction of sp³-hybridized carbons (Fsp3) is 0.364. The van der Waals surface area contributed by atoms with Gasteiger partial charge in [0, 0.05) is 21.4 Å². The number of hydrogen-bond acceptors (Lipinski definition) is 2. The minimum Gasteiger partial charge on any atom is -0.300 e. The second kappa shape index (κ2) is 6.41. The molecule has 4 heteroatoms. The summed E-state index contributed by atoms with van der Waals surface area (Å²) in [7, 11) is 0. The van der Waals surface area contributed by atoms with Crippen LogP contribution in [0.15, 0.2) is 23.1 Å². The third kappa shape index (κ3) is 5.45. The Hall–Kier alpha value is -0.180. The van der Waals surface area contributed by atoms with Gasteiger partial charge in [-0.2, -0.15) is 0 Å². The van der Waals surface area contributed by atoms with Gasteiger partial charge in [0.05, 0.1) is 0 Å². The van der Waals surface area contributed by atoms with E-state index in [4.69, 9.17) is 23.2 Å². The van der Waals surface area contributed by atoms with Crippen molar-refractivity contribution in [2.24, 2.45) is 0 Å². The van der Waals surface area contributed by atoms with Crippen LogP contribution in [0.5, 0.6) is 0 Å². The zero-order valence-corrected chi connectivity index (χ0v) is 10.8. The number of hydrogen-bond donors (Lipinski definition) is 0. The zero-order valence-electron chi connectivity index (χ0n) is 8.43. The van der Waals surface area contributed by atoms with E-state index in [-0.39, 0.29) is 5.78 Å². The predicted octanol–water partition coefficient (Wildman–Crippen LogP) is 4.45. The molecule has 0 aliphatic rings. The first-order valence-corrected chi connectivity index (χ1v) is 6.40. The van der Waals surface area contributed by atoms with Crippen molar-refractivity contribution in [2.75, 3.05) is 5.75 Å². The molecule has 0 aliphatic carbocycles. The highest BCUT2D eigenvalue weighted by molar-refractivity contribution is 7.99. The summed E-state index contributed by atoms with van der Waals surface area (Å²) < 4.78 is 0. The summed E-state index contributed by atoms with van der Waals surface area (Å²) in [6.07, 6.45) is 1.53. The van der Waals surface area contributed by atoms with Crippen LogP contribution in [0.1, 0.15) is 19.8 Å². The average molecular weight is 263 g/mol. The third-order valence-corrected chi connectivity index (χ3v) is 3.28. The molecule has 0 atom stereocenters. The lowest BCUT2D eigenvalue weighted by molar-refractivity contribution is -0.117. The Morgan fingerprint density at radius 2 is 1.87 bits per heavy atom. The van der Waals surface area contributed by atoms with Gasteiger partial charge in [-0.1, -0.05) is 23.2 Å². The molecule has 0 aromatic heterocycles. The number of thioether (sulfide) groups is 1. The van der Waals surface area contributed by atoms with Crippen LogP contribution in [-0.2, 0) is 4.79 Å². The summed E-state index contributed by atoms with van der Waals surface area (Å²) in [5.41, 5.74) is 0. The maximum atomic E-state index is 10.7. The molecule has 82 valence electrons. The van der Waals surface area contributed by atoms with Gasteiger partial charge < -0.3 is 4.79 Å². The summed E-state index contributed by atoms with van der Waals surface area (Å²) in [5.74, 6) is 1.15. The standard InChI is InChI=1S/C11H12Cl2OS/c1-8(14)3-2-4-15-11-6-9(12)5-10(13)7-11/h5-7H,2-4H2,1H3. The minimum atomic E-state index is 0.236. The van der Waals surface area contributed by atoms with Crippen molar-refractivity contribution < 1.29 is 4.79 Å². The first kappa shape index (κ1) is 12.9. The summed E-state index contributed by atoms with van der Waals surface area (Å²) in [5, 5.41) is 1.30. The molecule has 0 saturated carbocycles. The summed E-state index contributed by atoms with van der Waals surface area (Å²) in [6.45, 7) is 1.61. The minimum absolute atomic E-state index is 0.236. The lowest BCUT2D eigenvalue weighted by Gasteiger charge is -2.02. The first-order valence-electron chi connectivity index (χ1n) is 4.66. The molecule has 0 heterocycles. The Kier molecular flexibility index (Phi) is 5.51. The van der Waals surface area contributed by atoms with Crippen LogP contribution in [0.25, 0.3) is 0 Å². The monoisotopic (exact) mass is 262 g/mol. The van der Waals surface area contributed by atoms with E-state index in [1.165, 1.54) is 0 Å². The SMILES string of the molecule is CC(=O)CCCSc1cc(Cl)cc(Cl)c1. The van der Waals surface area contributed by atoms with Crippen molar-refractivity contribution in [3.05, 3.63) is 28.2 Å². The van der Waals surface area contributed by atoms with E-state index in [2.05, 4.69) is 0 Å². The second-order valence-corrected chi connectivity index (χ2v) is 5.30. The summed E-state index contributed by atoms with van der Waals surface area (Å²) in [4.78, 5) is 11.8. The number of benzene rings is 1. The van der Waals surface area contributed by atoms with Crippen LogP contribution in [-0.4, -0.2) is 11.5 Å². The first-order chi connectivity index (χ1) is 7.08. The average Bonchev–Trinajstić information content (AvgIpc) is 2.10. The van der Waals surface area contributed by atoms with Gasteiger partial charge in [-0.15, -0.1) is 11.8 Å². The molecule has 0 saturated heterocycles. The number of Topliss-reactive ketones (excluding diaryl/α,β-unsaturated/α-hetero) is 1. The molecular formula is C11H12Cl2OS. The molecule has 1 aromatic rings. The smallest absolute Gasteiger partial charge is 0.129 e. The lowest BCUT2D eigenvalue weighted by atomic mass is 10.3. The molecule has 0 amide bonds. The molecular weight excluding hydrogens is 251 g/mol. The number of carbonyl (C=O) groups excluding carboxylic acids is 1. The Labute approximate surface area is 104 Å². The fourth-order valence-electron chi connectivity index (χ4n) is 1.12. The van der Waals surface area contributed by atoms with Gasteiger partial charge in [-0.25, -0.2) is 0 Å². The molecule has 0 fully saturated rings. The maximum absolute atomic E-state index is 10.7. The van der Waals surface area contributed by atoms with Gasteiger partial charge in [-0.3, -0.25) is 0 Å². The highest BCUT2D eigenvalue weighted by Gasteiger charge is 1.99. The van der Waals surface area contributed by atoms with E-state index in [0.717, 1.165) is 17.1 Å². The summed E-state index contributed by atoms with van der Waals surface area (Å²) >= 11 is 13.4. The van der Waals surface area contributed by atoms with Crippen molar-refractivity contribution in [2.45, 2.75) is 24.7 Å². The van der Waals surface area contributed by atoms with E-state index in [1.54, 1.807) is 24.8 Å². The lowest BCUT2D eigenvalue weighted by Crippen LogP contribution is -1.90. The number of ketones is 1. The number of rotatable bonds is 5. The molecule has 0 spiro atoms. The van der Waals surface area contributed by atoms with Crippen molar-refractivity contribution in [3.63, 3.8) is 0 Å². The van der Waals surface area contributed by atoms with Crippen LogP contribution in [0.4, 0.5) is 0 Å². The van der Waals surface area contributed by atoms with Crippen LogP contribution < -0.4 is 0 Å². The van der Waals surface area contributed by atoms with E-state index >= 15 is 0 Å². The zero-order chi connectivity index (χ0) is 11.3. The molecule has 0 unspecified atom stereocenters. The highest BCUT2D eigenvalue weighted by Crippen LogP contribution is 2.27. The Morgan fingerprint density at radius 3 is 2.40 bits per heavy atom. The highest BCUT2D eigenvalue weighted by atomic mass is 35.5. The fourth-order valence-corrected chi connectivity index (χ4v) is 2.72. The van der Waals surface area contributed by atoms with Crippen molar-refractivity contribution in [1.29, 1.82) is 0 Å². The molecule has 0 radical (unpaired) electrons. The molecule has 0 bridgehead atoms. The Bertz CT molecular complexity index is 332. The van der Waals surface area contributed by atoms with Gasteiger partial charge in [-0.05, 0) is 37.3 Å². The number of carbonyl (C=O) groups is 1. The van der Waals surface area contributed by atoms with Crippen LogP contribution in [0, 0.1) is 0 Å². The number of halogens is 2. The van der Waals surface area contributed by atoms with Gasteiger partial charge >= 0.3 is 0 Å². The van der Waals surface area contributed by atoms with Gasteiger partial charge in [0.1, 0.15) is 5.78 Å². The van der Waals surface area contributed by atoms with E-state index in [9.17, 15) is 4.79 Å². The quantitative estimate of drug-likeness (QED) is 0.576. The van der Waals surface area contributed by atoms with E-state index < -0.39 is 0 Å². The van der Waals surface area contributed by atoms with Crippen LogP contribution in [0.3, 0.4) is 0 Å². The van der Waals surface area contributed by atoms with E-state index in [0.29, 0.717) is 16.5 Å².